The van der Waals surface area contributed by atoms with Gasteiger partial charge in [-0.25, -0.2) is 0 Å². The summed E-state index contributed by atoms with van der Waals surface area (Å²) in [5, 5.41) is 8.64. The van der Waals surface area contributed by atoms with Crippen LogP contribution < -0.4 is 4.31 Å². The molecule has 1 rings (SSSR count). The van der Waals surface area contributed by atoms with Gasteiger partial charge in [0.25, 0.3) is 0 Å². The zero-order valence-corrected chi connectivity index (χ0v) is 12.7. The van der Waals surface area contributed by atoms with Gasteiger partial charge in [-0.15, -0.1) is 0 Å². The summed E-state index contributed by atoms with van der Waals surface area (Å²) in [5.74, 6) is -1.02. The van der Waals surface area contributed by atoms with Crippen molar-refractivity contribution in [1.29, 1.82) is 0 Å². The lowest BCUT2D eigenvalue weighted by Crippen LogP contribution is -2.42. The Hall–Kier alpha value is -1.60. The van der Waals surface area contributed by atoms with Gasteiger partial charge in [0.2, 0.25) is 0 Å². The fraction of sp³-hybridized carbons (Fsp3) is 0.462. The number of hydrogen-bond donors (Lipinski definition) is 1. The number of carboxylic acids is 1. The molecule has 0 amide bonds. The minimum absolute atomic E-state index is 0.0555. The number of carboxylic acid groups (broad SMARTS) is 1. The minimum Gasteiger partial charge on any atom is -0.481 e. The molecule has 0 bridgehead atoms. The predicted molar refractivity (Wildman–Crippen MR) is 78.0 cm³/mol. The number of nitrogens with zero attached hydrogens (tertiary/aromatic N) is 2. The van der Waals surface area contributed by atoms with Crippen molar-refractivity contribution in [2.24, 2.45) is 0 Å². The third kappa shape index (κ3) is 3.94. The number of anilines is 1. The molecule has 1 aromatic carbocycles. The zero-order chi connectivity index (χ0) is 15.3. The standard InChI is InChI=1S/C13H20N2O4S/c1-4-15(12-7-5-11(2)6-8-12)20(18,19)14(3)10-9-13(16)17/h5-8H,4,9-10H2,1-3H3,(H,16,17). The summed E-state index contributed by atoms with van der Waals surface area (Å²) in [6.07, 6.45) is -0.221. The molecule has 6 nitrogen and oxygen atoms in total. The Balaban J connectivity index is 2.97. The molecule has 0 radical (unpaired) electrons. The van der Waals surface area contributed by atoms with Gasteiger partial charge >= 0.3 is 16.2 Å². The second-order valence-electron chi connectivity index (χ2n) is 4.47. The summed E-state index contributed by atoms with van der Waals surface area (Å²) < 4.78 is 27.2. The summed E-state index contributed by atoms with van der Waals surface area (Å²) in [6.45, 7) is 3.89. The number of benzene rings is 1. The van der Waals surface area contributed by atoms with E-state index in [4.69, 9.17) is 5.11 Å². The topological polar surface area (TPSA) is 77.9 Å². The van der Waals surface area contributed by atoms with Crippen LogP contribution in [-0.2, 0) is 15.0 Å². The van der Waals surface area contributed by atoms with E-state index >= 15 is 0 Å². The highest BCUT2D eigenvalue weighted by molar-refractivity contribution is 7.90. The monoisotopic (exact) mass is 300 g/mol. The van der Waals surface area contributed by atoms with Crippen molar-refractivity contribution in [2.45, 2.75) is 20.3 Å². The first-order valence-corrected chi connectivity index (χ1v) is 7.71. The molecule has 0 aliphatic carbocycles. The van der Waals surface area contributed by atoms with Crippen LogP contribution in [0.15, 0.2) is 24.3 Å². The van der Waals surface area contributed by atoms with E-state index in [0.29, 0.717) is 5.69 Å². The Morgan fingerprint density at radius 3 is 2.25 bits per heavy atom. The van der Waals surface area contributed by atoms with Crippen molar-refractivity contribution in [3.63, 3.8) is 0 Å². The fourth-order valence-corrected chi connectivity index (χ4v) is 3.10. The van der Waals surface area contributed by atoms with Gasteiger partial charge in [0, 0.05) is 20.1 Å². The number of rotatable bonds is 7. The van der Waals surface area contributed by atoms with Crippen LogP contribution >= 0.6 is 0 Å². The highest BCUT2D eigenvalue weighted by atomic mass is 32.2. The molecular weight excluding hydrogens is 280 g/mol. The number of carbonyl (C=O) groups is 1. The summed E-state index contributed by atoms with van der Waals surface area (Å²) in [6, 6.07) is 7.15. The van der Waals surface area contributed by atoms with Gasteiger partial charge in [0.1, 0.15) is 0 Å². The molecule has 0 atom stereocenters. The second kappa shape index (κ2) is 6.71. The molecule has 7 heteroatoms. The number of aliphatic carboxylic acids is 1. The molecule has 0 aromatic heterocycles. The van der Waals surface area contributed by atoms with Crippen molar-refractivity contribution in [3.8, 4) is 0 Å². The summed E-state index contributed by atoms with van der Waals surface area (Å²) in [7, 11) is -2.33. The van der Waals surface area contributed by atoms with Gasteiger partial charge in [-0.05, 0) is 26.0 Å². The van der Waals surface area contributed by atoms with E-state index in [2.05, 4.69) is 0 Å². The molecular formula is C13H20N2O4S. The largest absolute Gasteiger partial charge is 0.481 e. The van der Waals surface area contributed by atoms with Gasteiger partial charge in [-0.1, -0.05) is 17.7 Å². The van der Waals surface area contributed by atoms with Gasteiger partial charge < -0.3 is 5.11 Å². The van der Waals surface area contributed by atoms with E-state index < -0.39 is 16.2 Å². The van der Waals surface area contributed by atoms with Gasteiger partial charge in [-0.2, -0.15) is 12.7 Å². The summed E-state index contributed by atoms with van der Waals surface area (Å²) in [4.78, 5) is 10.5. The van der Waals surface area contributed by atoms with Crippen molar-refractivity contribution in [2.75, 3.05) is 24.4 Å². The van der Waals surface area contributed by atoms with E-state index in [1.807, 2.05) is 19.1 Å². The van der Waals surface area contributed by atoms with E-state index in [0.717, 1.165) is 9.87 Å². The van der Waals surface area contributed by atoms with Crippen molar-refractivity contribution < 1.29 is 18.3 Å². The lowest BCUT2D eigenvalue weighted by atomic mass is 10.2. The lowest BCUT2D eigenvalue weighted by Gasteiger charge is -2.28. The Morgan fingerprint density at radius 2 is 1.80 bits per heavy atom. The quantitative estimate of drug-likeness (QED) is 0.827. The highest BCUT2D eigenvalue weighted by Gasteiger charge is 2.26. The van der Waals surface area contributed by atoms with E-state index in [1.54, 1.807) is 19.1 Å². The second-order valence-corrected chi connectivity index (χ2v) is 6.43. The molecule has 0 heterocycles. The first kappa shape index (κ1) is 16.5. The lowest BCUT2D eigenvalue weighted by molar-refractivity contribution is -0.137. The molecule has 0 spiro atoms. The normalized spacial score (nSPS) is 11.6. The Kier molecular flexibility index (Phi) is 5.52. The molecule has 0 saturated carbocycles. The molecule has 0 aliphatic rings. The number of hydrogen-bond acceptors (Lipinski definition) is 3. The maximum Gasteiger partial charge on any atom is 0.304 e. The van der Waals surface area contributed by atoms with Gasteiger partial charge in [0.15, 0.2) is 0 Å². The molecule has 1 N–H and O–H groups in total. The predicted octanol–water partition coefficient (Wildman–Crippen LogP) is 1.47. The summed E-state index contributed by atoms with van der Waals surface area (Å²) >= 11 is 0. The van der Waals surface area contributed by atoms with Crippen LogP contribution in [0.2, 0.25) is 0 Å². The molecule has 0 fully saturated rings. The summed E-state index contributed by atoms with van der Waals surface area (Å²) in [5.41, 5.74) is 1.61. The molecule has 0 aliphatic heterocycles. The van der Waals surface area contributed by atoms with E-state index in [1.165, 1.54) is 11.4 Å². The van der Waals surface area contributed by atoms with E-state index in [9.17, 15) is 13.2 Å². The van der Waals surface area contributed by atoms with Crippen LogP contribution in [0.1, 0.15) is 18.9 Å². The van der Waals surface area contributed by atoms with Crippen molar-refractivity contribution in [1.82, 2.24) is 4.31 Å². The molecule has 0 saturated heterocycles. The Labute approximate surface area is 119 Å². The third-order valence-electron chi connectivity index (χ3n) is 2.92. The van der Waals surface area contributed by atoms with Crippen molar-refractivity contribution >= 4 is 21.9 Å². The zero-order valence-electron chi connectivity index (χ0n) is 11.9. The fourth-order valence-electron chi connectivity index (χ4n) is 1.73. The van der Waals surface area contributed by atoms with Crippen LogP contribution in [0.4, 0.5) is 5.69 Å². The molecule has 0 unspecified atom stereocenters. The van der Waals surface area contributed by atoms with Gasteiger partial charge in [0.05, 0.1) is 12.1 Å². The third-order valence-corrected chi connectivity index (χ3v) is 4.92. The van der Waals surface area contributed by atoms with Gasteiger partial charge in [-0.3, -0.25) is 9.10 Å². The average molecular weight is 300 g/mol. The SMILES string of the molecule is CCN(c1ccc(C)cc1)S(=O)(=O)N(C)CCC(=O)O. The molecule has 20 heavy (non-hydrogen) atoms. The number of aryl methyl sites for hydroxylation is 1. The minimum atomic E-state index is -3.71. The smallest absolute Gasteiger partial charge is 0.304 e. The van der Waals surface area contributed by atoms with Crippen LogP contribution in [0, 0.1) is 6.92 Å². The highest BCUT2D eigenvalue weighted by Crippen LogP contribution is 2.20. The van der Waals surface area contributed by atoms with E-state index in [-0.39, 0.29) is 19.5 Å². The first-order chi connectivity index (χ1) is 9.28. The molecule has 1 aromatic rings. The van der Waals surface area contributed by atoms with Crippen LogP contribution in [-0.4, -0.2) is 43.9 Å². The van der Waals surface area contributed by atoms with Crippen LogP contribution in [0.5, 0.6) is 0 Å². The Bertz CT molecular complexity index is 554. The maximum absolute atomic E-state index is 12.4. The van der Waals surface area contributed by atoms with Crippen LogP contribution in [0.3, 0.4) is 0 Å². The Morgan fingerprint density at radius 1 is 1.25 bits per heavy atom. The first-order valence-electron chi connectivity index (χ1n) is 6.31. The van der Waals surface area contributed by atoms with Crippen molar-refractivity contribution in [3.05, 3.63) is 29.8 Å². The van der Waals surface area contributed by atoms with Crippen LogP contribution in [0.25, 0.3) is 0 Å². The average Bonchev–Trinajstić information content (AvgIpc) is 2.38. The molecule has 112 valence electrons. The maximum atomic E-state index is 12.4.